The highest BCUT2D eigenvalue weighted by atomic mass is 16.3. The fourth-order valence-corrected chi connectivity index (χ4v) is 2.48. The molecule has 20 heavy (non-hydrogen) atoms. The minimum absolute atomic E-state index is 0.238. The second-order valence-electron chi connectivity index (χ2n) is 5.35. The van der Waals surface area contributed by atoms with E-state index in [2.05, 4.69) is 10.3 Å². The van der Waals surface area contributed by atoms with Crippen LogP contribution in [0.5, 0.6) is 0 Å². The highest BCUT2D eigenvalue weighted by Gasteiger charge is 2.30. The molecule has 4 nitrogen and oxygen atoms in total. The molecule has 106 valence electrons. The second-order valence-corrected chi connectivity index (χ2v) is 5.35. The van der Waals surface area contributed by atoms with Gasteiger partial charge in [0, 0.05) is 24.8 Å². The second kappa shape index (κ2) is 6.20. The first-order chi connectivity index (χ1) is 9.86. The van der Waals surface area contributed by atoms with Gasteiger partial charge in [-0.05, 0) is 37.3 Å². The van der Waals surface area contributed by atoms with Crippen molar-refractivity contribution in [3.63, 3.8) is 0 Å². The highest BCUT2D eigenvalue weighted by molar-refractivity contribution is 5.52. The minimum atomic E-state index is 0.238. The minimum Gasteiger partial charge on any atom is -0.444 e. The van der Waals surface area contributed by atoms with E-state index in [1.54, 1.807) is 6.26 Å². The quantitative estimate of drug-likeness (QED) is 0.813. The molecule has 0 radical (unpaired) electrons. The van der Waals surface area contributed by atoms with Gasteiger partial charge in [0.05, 0.1) is 5.69 Å². The number of nitrogens with one attached hydrogen (secondary N) is 1. The number of rotatable bonds is 7. The molecule has 3 rings (SSSR count). The van der Waals surface area contributed by atoms with Crippen molar-refractivity contribution in [2.45, 2.75) is 31.8 Å². The van der Waals surface area contributed by atoms with Gasteiger partial charge in [0.15, 0.2) is 0 Å². The number of hydrogen-bond donors (Lipinski definition) is 2. The zero-order chi connectivity index (χ0) is 13.8. The summed E-state index contributed by atoms with van der Waals surface area (Å²) in [6.45, 7) is 0.930. The van der Waals surface area contributed by atoms with Gasteiger partial charge < -0.3 is 14.8 Å². The molecule has 1 aliphatic carbocycles. The zero-order valence-electron chi connectivity index (χ0n) is 11.5. The first-order valence-corrected chi connectivity index (χ1v) is 7.21. The Bertz CT molecular complexity index is 534. The molecule has 1 atom stereocenters. The number of aromatic nitrogens is 1. The molecule has 1 heterocycles. The van der Waals surface area contributed by atoms with Crippen LogP contribution < -0.4 is 5.32 Å². The van der Waals surface area contributed by atoms with Crippen LogP contribution >= 0.6 is 0 Å². The van der Waals surface area contributed by atoms with Crippen LogP contribution in [0.15, 0.2) is 41.0 Å². The van der Waals surface area contributed by atoms with E-state index in [1.165, 1.54) is 12.8 Å². The molecule has 0 saturated heterocycles. The van der Waals surface area contributed by atoms with Crippen molar-refractivity contribution in [1.82, 2.24) is 10.3 Å². The van der Waals surface area contributed by atoms with Gasteiger partial charge in [0.25, 0.3) is 0 Å². The van der Waals surface area contributed by atoms with Gasteiger partial charge in [0.1, 0.15) is 6.26 Å². The van der Waals surface area contributed by atoms with E-state index in [4.69, 9.17) is 9.52 Å². The molecule has 1 aromatic carbocycles. The Balaban J connectivity index is 1.59. The van der Waals surface area contributed by atoms with Crippen molar-refractivity contribution < 1.29 is 9.52 Å². The van der Waals surface area contributed by atoms with E-state index in [0.29, 0.717) is 18.5 Å². The third-order valence-electron chi connectivity index (χ3n) is 3.75. The van der Waals surface area contributed by atoms with E-state index in [9.17, 15) is 0 Å². The Kier molecular flexibility index (Phi) is 4.14. The smallest absolute Gasteiger partial charge is 0.226 e. The maximum absolute atomic E-state index is 9.09. The molecule has 1 fully saturated rings. The summed E-state index contributed by atoms with van der Waals surface area (Å²) in [5, 5.41) is 12.6. The number of benzene rings is 1. The van der Waals surface area contributed by atoms with Crippen molar-refractivity contribution in [3.05, 3.63) is 42.3 Å². The SMILES string of the molecule is OCCC(NCc1coc(-c2ccccc2)n1)C1CC1. The standard InChI is InChI=1S/C16H20N2O2/c19-9-8-15(12-6-7-12)17-10-14-11-20-16(18-14)13-4-2-1-3-5-13/h1-5,11-12,15,17,19H,6-10H2. The number of oxazole rings is 1. The van der Waals surface area contributed by atoms with Gasteiger partial charge in [-0.15, -0.1) is 0 Å². The predicted octanol–water partition coefficient (Wildman–Crippen LogP) is 2.59. The van der Waals surface area contributed by atoms with Crippen molar-refractivity contribution in [1.29, 1.82) is 0 Å². The van der Waals surface area contributed by atoms with E-state index in [1.807, 2.05) is 30.3 Å². The molecule has 1 unspecified atom stereocenters. The van der Waals surface area contributed by atoms with E-state index >= 15 is 0 Å². The summed E-state index contributed by atoms with van der Waals surface area (Å²) >= 11 is 0. The Hall–Kier alpha value is -1.65. The van der Waals surface area contributed by atoms with Crippen molar-refractivity contribution in [2.24, 2.45) is 5.92 Å². The lowest BCUT2D eigenvalue weighted by atomic mass is 10.1. The summed E-state index contributed by atoms with van der Waals surface area (Å²) in [5.74, 6) is 1.38. The van der Waals surface area contributed by atoms with Crippen molar-refractivity contribution in [2.75, 3.05) is 6.61 Å². The summed E-state index contributed by atoms with van der Waals surface area (Å²) in [5.41, 5.74) is 1.90. The number of nitrogens with zero attached hydrogens (tertiary/aromatic N) is 1. The molecular formula is C16H20N2O2. The summed E-state index contributed by atoms with van der Waals surface area (Å²) in [6.07, 6.45) is 5.06. The first-order valence-electron chi connectivity index (χ1n) is 7.21. The average molecular weight is 272 g/mol. The van der Waals surface area contributed by atoms with Gasteiger partial charge in [-0.1, -0.05) is 18.2 Å². The van der Waals surface area contributed by atoms with Crippen molar-refractivity contribution >= 4 is 0 Å². The Labute approximate surface area is 118 Å². The third-order valence-corrected chi connectivity index (χ3v) is 3.75. The van der Waals surface area contributed by atoms with Gasteiger partial charge in [-0.3, -0.25) is 0 Å². The molecule has 0 amide bonds. The van der Waals surface area contributed by atoms with E-state index in [0.717, 1.165) is 23.6 Å². The zero-order valence-corrected chi connectivity index (χ0v) is 11.5. The molecular weight excluding hydrogens is 252 g/mol. The largest absolute Gasteiger partial charge is 0.444 e. The van der Waals surface area contributed by atoms with Crippen LogP contribution in [0.3, 0.4) is 0 Å². The lowest BCUT2D eigenvalue weighted by Gasteiger charge is -2.15. The van der Waals surface area contributed by atoms with Crippen LogP contribution in [0.4, 0.5) is 0 Å². The summed E-state index contributed by atoms with van der Waals surface area (Å²) < 4.78 is 5.52. The molecule has 0 spiro atoms. The molecule has 0 aliphatic heterocycles. The van der Waals surface area contributed by atoms with Crippen LogP contribution in [0.1, 0.15) is 25.0 Å². The number of aliphatic hydroxyl groups is 1. The van der Waals surface area contributed by atoms with Crippen LogP contribution in [0, 0.1) is 5.92 Å². The molecule has 2 aromatic rings. The fourth-order valence-electron chi connectivity index (χ4n) is 2.48. The molecule has 1 aliphatic rings. The van der Waals surface area contributed by atoms with Crippen LogP contribution in [0.2, 0.25) is 0 Å². The molecule has 2 N–H and O–H groups in total. The lowest BCUT2D eigenvalue weighted by Crippen LogP contribution is -2.31. The van der Waals surface area contributed by atoms with Gasteiger partial charge in [0.2, 0.25) is 5.89 Å². The normalized spacial score (nSPS) is 16.2. The monoisotopic (exact) mass is 272 g/mol. The maximum Gasteiger partial charge on any atom is 0.226 e. The molecule has 1 aromatic heterocycles. The average Bonchev–Trinajstić information content (AvgIpc) is 3.22. The Morgan fingerprint density at radius 2 is 2.10 bits per heavy atom. The van der Waals surface area contributed by atoms with Crippen LogP contribution in [-0.4, -0.2) is 22.7 Å². The molecule has 4 heteroatoms. The van der Waals surface area contributed by atoms with Gasteiger partial charge >= 0.3 is 0 Å². The Morgan fingerprint density at radius 1 is 1.30 bits per heavy atom. The number of aliphatic hydroxyl groups excluding tert-OH is 1. The van der Waals surface area contributed by atoms with Crippen LogP contribution in [0.25, 0.3) is 11.5 Å². The molecule has 0 bridgehead atoms. The predicted molar refractivity (Wildman–Crippen MR) is 77.0 cm³/mol. The van der Waals surface area contributed by atoms with Gasteiger partial charge in [-0.2, -0.15) is 0 Å². The lowest BCUT2D eigenvalue weighted by molar-refractivity contribution is 0.255. The topological polar surface area (TPSA) is 58.3 Å². The maximum atomic E-state index is 9.09. The van der Waals surface area contributed by atoms with E-state index < -0.39 is 0 Å². The van der Waals surface area contributed by atoms with Crippen LogP contribution in [-0.2, 0) is 6.54 Å². The first kappa shape index (κ1) is 13.3. The summed E-state index contributed by atoms with van der Waals surface area (Å²) in [6, 6.07) is 10.3. The molecule has 1 saturated carbocycles. The fraction of sp³-hybridized carbons (Fsp3) is 0.438. The van der Waals surface area contributed by atoms with E-state index in [-0.39, 0.29) is 6.61 Å². The third kappa shape index (κ3) is 3.26. The van der Waals surface area contributed by atoms with Crippen molar-refractivity contribution in [3.8, 4) is 11.5 Å². The summed E-state index contributed by atoms with van der Waals surface area (Å²) in [7, 11) is 0. The Morgan fingerprint density at radius 3 is 2.80 bits per heavy atom. The van der Waals surface area contributed by atoms with Gasteiger partial charge in [-0.25, -0.2) is 4.98 Å². The summed E-state index contributed by atoms with van der Waals surface area (Å²) in [4.78, 5) is 4.50. The highest BCUT2D eigenvalue weighted by Crippen LogP contribution is 2.34. The number of hydrogen-bond acceptors (Lipinski definition) is 4.